The Balaban J connectivity index is 2.77. The summed E-state index contributed by atoms with van der Waals surface area (Å²) in [5, 5.41) is 0. The Hall–Kier alpha value is -1.48. The van der Waals surface area contributed by atoms with E-state index in [4.69, 9.17) is 12.2 Å². The van der Waals surface area contributed by atoms with Crippen molar-refractivity contribution in [3.05, 3.63) is 44.9 Å². The van der Waals surface area contributed by atoms with E-state index < -0.39 is 0 Å². The minimum atomic E-state index is 0.680. The maximum atomic E-state index is 5.30. The minimum Gasteiger partial charge on any atom is -0.343 e. The zero-order chi connectivity index (χ0) is 13.4. The van der Waals surface area contributed by atoms with Crippen LogP contribution in [0.2, 0.25) is 0 Å². The summed E-state index contributed by atoms with van der Waals surface area (Å²) in [6.07, 6.45) is 0. The van der Waals surface area contributed by atoms with Crippen molar-refractivity contribution in [1.29, 1.82) is 0 Å². The van der Waals surface area contributed by atoms with Gasteiger partial charge in [-0.25, -0.2) is 4.98 Å². The molecule has 0 atom stereocenters. The van der Waals surface area contributed by atoms with Gasteiger partial charge in [0.1, 0.15) is 10.5 Å². The molecule has 94 valence electrons. The van der Waals surface area contributed by atoms with Crippen molar-refractivity contribution in [2.24, 2.45) is 0 Å². The van der Waals surface area contributed by atoms with E-state index in [1.807, 2.05) is 13.8 Å². The molecule has 1 aromatic heterocycles. The van der Waals surface area contributed by atoms with Crippen LogP contribution in [0.25, 0.3) is 11.3 Å². The topological polar surface area (TPSA) is 28.7 Å². The molecule has 0 bridgehead atoms. The van der Waals surface area contributed by atoms with Crippen LogP contribution in [0, 0.1) is 39.3 Å². The molecule has 0 radical (unpaired) electrons. The number of aromatic nitrogens is 2. The number of rotatable bonds is 1. The molecule has 0 saturated heterocycles. The van der Waals surface area contributed by atoms with E-state index in [2.05, 4.69) is 42.9 Å². The number of benzene rings is 1. The van der Waals surface area contributed by atoms with Crippen molar-refractivity contribution < 1.29 is 0 Å². The van der Waals surface area contributed by atoms with E-state index in [-0.39, 0.29) is 0 Å². The molecular formula is C15H18N2S. The highest BCUT2D eigenvalue weighted by Crippen LogP contribution is 2.27. The van der Waals surface area contributed by atoms with E-state index >= 15 is 0 Å². The van der Waals surface area contributed by atoms with Gasteiger partial charge in [-0.05, 0) is 57.4 Å². The van der Waals surface area contributed by atoms with Crippen molar-refractivity contribution in [1.82, 2.24) is 9.97 Å². The van der Waals surface area contributed by atoms with E-state index in [0.29, 0.717) is 4.64 Å². The Kier molecular flexibility index (Phi) is 3.35. The van der Waals surface area contributed by atoms with Gasteiger partial charge < -0.3 is 4.98 Å². The summed E-state index contributed by atoms with van der Waals surface area (Å²) >= 11 is 5.30. The lowest BCUT2D eigenvalue weighted by Crippen LogP contribution is -1.98. The molecule has 2 rings (SSSR count). The first-order valence-electron chi connectivity index (χ1n) is 6.06. The molecule has 0 amide bonds. The van der Waals surface area contributed by atoms with Crippen molar-refractivity contribution in [3.63, 3.8) is 0 Å². The average Bonchev–Trinajstić information content (AvgIpc) is 2.29. The third-order valence-corrected chi connectivity index (χ3v) is 3.78. The Morgan fingerprint density at radius 3 is 2.22 bits per heavy atom. The molecule has 0 unspecified atom stereocenters. The van der Waals surface area contributed by atoms with Crippen LogP contribution in [0.15, 0.2) is 12.1 Å². The monoisotopic (exact) mass is 258 g/mol. The SMILES string of the molecule is Cc1nc(=S)c(C)c(-c2cc(C)c(C)cc2C)[nH]1. The second-order valence-corrected chi connectivity index (χ2v) is 5.27. The van der Waals surface area contributed by atoms with Crippen LogP contribution in [-0.4, -0.2) is 9.97 Å². The van der Waals surface area contributed by atoms with E-state index in [0.717, 1.165) is 17.1 Å². The number of H-pyrrole nitrogens is 1. The summed E-state index contributed by atoms with van der Waals surface area (Å²) < 4.78 is 0.680. The van der Waals surface area contributed by atoms with Crippen LogP contribution in [0.4, 0.5) is 0 Å². The second kappa shape index (κ2) is 4.65. The third-order valence-electron chi connectivity index (χ3n) is 3.38. The first kappa shape index (κ1) is 13.0. The summed E-state index contributed by atoms with van der Waals surface area (Å²) in [7, 11) is 0. The molecule has 18 heavy (non-hydrogen) atoms. The molecule has 0 saturated carbocycles. The number of aryl methyl sites for hydroxylation is 4. The molecule has 2 nitrogen and oxygen atoms in total. The predicted molar refractivity (Wildman–Crippen MR) is 78.5 cm³/mol. The van der Waals surface area contributed by atoms with Crippen LogP contribution in [-0.2, 0) is 0 Å². The van der Waals surface area contributed by atoms with Crippen molar-refractivity contribution in [2.75, 3.05) is 0 Å². The lowest BCUT2D eigenvalue weighted by atomic mass is 9.97. The van der Waals surface area contributed by atoms with Crippen LogP contribution in [0.3, 0.4) is 0 Å². The molecule has 0 aliphatic rings. The van der Waals surface area contributed by atoms with Crippen molar-refractivity contribution in [2.45, 2.75) is 34.6 Å². The van der Waals surface area contributed by atoms with Gasteiger partial charge in [-0.1, -0.05) is 18.3 Å². The molecule has 0 aliphatic heterocycles. The molecule has 1 heterocycles. The summed E-state index contributed by atoms with van der Waals surface area (Å²) in [6.45, 7) is 10.4. The lowest BCUT2D eigenvalue weighted by molar-refractivity contribution is 1.02. The first-order chi connectivity index (χ1) is 8.40. The molecule has 0 fully saturated rings. The van der Waals surface area contributed by atoms with Gasteiger partial charge in [-0.15, -0.1) is 0 Å². The van der Waals surface area contributed by atoms with Crippen LogP contribution < -0.4 is 0 Å². The molecule has 1 N–H and O–H groups in total. The largest absolute Gasteiger partial charge is 0.343 e. The minimum absolute atomic E-state index is 0.680. The van der Waals surface area contributed by atoms with Gasteiger partial charge >= 0.3 is 0 Å². The number of hydrogen-bond donors (Lipinski definition) is 1. The Morgan fingerprint density at radius 2 is 1.56 bits per heavy atom. The maximum absolute atomic E-state index is 5.30. The Morgan fingerprint density at radius 1 is 0.944 bits per heavy atom. The van der Waals surface area contributed by atoms with Gasteiger partial charge in [0, 0.05) is 11.1 Å². The highest BCUT2D eigenvalue weighted by Gasteiger charge is 2.09. The van der Waals surface area contributed by atoms with Gasteiger partial charge in [-0.3, -0.25) is 0 Å². The van der Waals surface area contributed by atoms with Crippen LogP contribution in [0.1, 0.15) is 28.1 Å². The zero-order valence-electron chi connectivity index (χ0n) is 11.5. The number of aromatic amines is 1. The molecule has 3 heteroatoms. The summed E-state index contributed by atoms with van der Waals surface area (Å²) in [4.78, 5) is 7.63. The molecule has 0 aliphatic carbocycles. The van der Waals surface area contributed by atoms with Crippen LogP contribution in [0.5, 0.6) is 0 Å². The zero-order valence-corrected chi connectivity index (χ0v) is 12.3. The van der Waals surface area contributed by atoms with Crippen molar-refractivity contribution in [3.8, 4) is 11.3 Å². The molecule has 1 aromatic carbocycles. The van der Waals surface area contributed by atoms with Gasteiger partial charge in [0.2, 0.25) is 0 Å². The fraction of sp³-hybridized carbons (Fsp3) is 0.333. The summed E-state index contributed by atoms with van der Waals surface area (Å²) in [5.74, 6) is 0.859. The Bertz CT molecular complexity index is 669. The molecular weight excluding hydrogens is 240 g/mol. The van der Waals surface area contributed by atoms with Gasteiger partial charge in [0.25, 0.3) is 0 Å². The molecule has 0 spiro atoms. The first-order valence-corrected chi connectivity index (χ1v) is 6.46. The van der Waals surface area contributed by atoms with E-state index in [1.165, 1.54) is 22.3 Å². The third kappa shape index (κ3) is 2.23. The smallest absolute Gasteiger partial charge is 0.133 e. The normalized spacial score (nSPS) is 10.7. The van der Waals surface area contributed by atoms with Gasteiger partial charge in [0.15, 0.2) is 0 Å². The van der Waals surface area contributed by atoms with Gasteiger partial charge in [0.05, 0.1) is 5.69 Å². The molecule has 2 aromatic rings. The number of nitrogens with zero attached hydrogens (tertiary/aromatic N) is 1. The quantitative estimate of drug-likeness (QED) is 0.770. The second-order valence-electron chi connectivity index (χ2n) is 4.88. The fourth-order valence-corrected chi connectivity index (χ4v) is 2.38. The van der Waals surface area contributed by atoms with Crippen LogP contribution >= 0.6 is 12.2 Å². The summed E-state index contributed by atoms with van der Waals surface area (Å²) in [6, 6.07) is 4.44. The van der Waals surface area contributed by atoms with E-state index in [1.54, 1.807) is 0 Å². The highest BCUT2D eigenvalue weighted by molar-refractivity contribution is 7.71. The average molecular weight is 258 g/mol. The predicted octanol–water partition coefficient (Wildman–Crippen LogP) is 4.35. The maximum Gasteiger partial charge on any atom is 0.133 e. The lowest BCUT2D eigenvalue weighted by Gasteiger charge is -2.13. The number of hydrogen-bond acceptors (Lipinski definition) is 2. The fourth-order valence-electron chi connectivity index (χ4n) is 2.14. The van der Waals surface area contributed by atoms with Crippen molar-refractivity contribution >= 4 is 12.2 Å². The highest BCUT2D eigenvalue weighted by atomic mass is 32.1. The summed E-state index contributed by atoms with van der Waals surface area (Å²) in [5.41, 5.74) is 7.22. The van der Waals surface area contributed by atoms with Gasteiger partial charge in [-0.2, -0.15) is 0 Å². The number of nitrogens with one attached hydrogen (secondary N) is 1. The Labute approximate surface area is 113 Å². The van der Waals surface area contributed by atoms with E-state index in [9.17, 15) is 0 Å². The standard InChI is InChI=1S/C15H18N2S/c1-8-6-10(3)13(7-9(8)2)14-11(4)15(18)17-12(5)16-14/h6-7H,1-5H3,(H,16,17,18).